The maximum Gasteiger partial charge on any atom is 0.303 e. The number of hydrogen-bond acceptors (Lipinski definition) is 1. The van der Waals surface area contributed by atoms with Crippen molar-refractivity contribution in [3.8, 4) is 0 Å². The Bertz CT molecular complexity index is 165. The first-order chi connectivity index (χ1) is 4.77. The monoisotopic (exact) mass is 140 g/mol. The van der Waals surface area contributed by atoms with Crippen molar-refractivity contribution in [2.75, 3.05) is 0 Å². The molecular formula is C8H12O2. The van der Waals surface area contributed by atoms with E-state index in [9.17, 15) is 4.79 Å². The lowest BCUT2D eigenvalue weighted by Gasteiger charge is -2.05. The van der Waals surface area contributed by atoms with Gasteiger partial charge in [0.25, 0.3) is 0 Å². The Morgan fingerprint density at radius 3 is 2.70 bits per heavy atom. The van der Waals surface area contributed by atoms with Gasteiger partial charge in [-0.1, -0.05) is 0 Å². The van der Waals surface area contributed by atoms with Crippen LogP contribution in [0.4, 0.5) is 0 Å². The summed E-state index contributed by atoms with van der Waals surface area (Å²) in [6, 6.07) is 0. The molecule has 2 rings (SSSR count). The number of rotatable bonds is 2. The van der Waals surface area contributed by atoms with Crippen molar-refractivity contribution in [3.63, 3.8) is 0 Å². The van der Waals surface area contributed by atoms with Crippen LogP contribution < -0.4 is 0 Å². The molecule has 2 fully saturated rings. The molecule has 2 heteroatoms. The van der Waals surface area contributed by atoms with E-state index in [0.717, 1.165) is 11.8 Å². The van der Waals surface area contributed by atoms with Gasteiger partial charge in [0.15, 0.2) is 0 Å². The predicted molar refractivity (Wildman–Crippen MR) is 36.6 cm³/mol. The van der Waals surface area contributed by atoms with Crippen molar-refractivity contribution in [2.24, 2.45) is 17.8 Å². The first kappa shape index (κ1) is 6.20. The second kappa shape index (κ2) is 1.97. The number of carbonyl (C=O) groups is 1. The first-order valence-corrected chi connectivity index (χ1v) is 3.99. The summed E-state index contributed by atoms with van der Waals surface area (Å²) in [5.41, 5.74) is 0. The first-order valence-electron chi connectivity index (χ1n) is 3.99. The normalized spacial score (nSPS) is 43.0. The molecule has 2 aliphatic carbocycles. The molecule has 0 bridgehead atoms. The summed E-state index contributed by atoms with van der Waals surface area (Å²) in [5, 5.41) is 8.51. The molecule has 0 aliphatic heterocycles. The highest BCUT2D eigenvalue weighted by Gasteiger charge is 2.48. The number of hydrogen-bond donors (Lipinski definition) is 1. The largest absolute Gasteiger partial charge is 0.481 e. The van der Waals surface area contributed by atoms with Crippen LogP contribution in [-0.2, 0) is 4.79 Å². The van der Waals surface area contributed by atoms with Crippen LogP contribution in [-0.4, -0.2) is 11.1 Å². The van der Waals surface area contributed by atoms with Crippen LogP contribution >= 0.6 is 0 Å². The third kappa shape index (κ3) is 0.917. The molecule has 56 valence electrons. The van der Waals surface area contributed by atoms with Gasteiger partial charge in [0.1, 0.15) is 0 Å². The summed E-state index contributed by atoms with van der Waals surface area (Å²) in [6.45, 7) is 0. The van der Waals surface area contributed by atoms with E-state index in [1.165, 1.54) is 19.3 Å². The Morgan fingerprint density at radius 1 is 1.50 bits per heavy atom. The maximum absolute atomic E-state index is 10.3. The number of aliphatic carboxylic acids is 1. The molecule has 0 radical (unpaired) electrons. The summed E-state index contributed by atoms with van der Waals surface area (Å²) in [4.78, 5) is 10.3. The maximum atomic E-state index is 10.3. The minimum absolute atomic E-state index is 0.418. The van der Waals surface area contributed by atoms with Crippen LogP contribution in [0.5, 0.6) is 0 Å². The Balaban J connectivity index is 1.88. The van der Waals surface area contributed by atoms with E-state index in [2.05, 4.69) is 0 Å². The minimum Gasteiger partial charge on any atom is -0.481 e. The van der Waals surface area contributed by atoms with E-state index >= 15 is 0 Å². The zero-order valence-corrected chi connectivity index (χ0v) is 5.92. The van der Waals surface area contributed by atoms with E-state index < -0.39 is 5.97 Å². The third-order valence-electron chi connectivity index (χ3n) is 2.93. The van der Waals surface area contributed by atoms with E-state index in [0.29, 0.717) is 12.3 Å². The molecule has 2 saturated carbocycles. The van der Waals surface area contributed by atoms with Crippen molar-refractivity contribution in [1.29, 1.82) is 0 Å². The smallest absolute Gasteiger partial charge is 0.303 e. The second-order valence-electron chi connectivity index (χ2n) is 3.59. The van der Waals surface area contributed by atoms with E-state index in [4.69, 9.17) is 5.11 Å². The highest BCUT2D eigenvalue weighted by molar-refractivity contribution is 5.67. The average Bonchev–Trinajstić information content (AvgIpc) is 2.52. The molecule has 1 N–H and O–H groups in total. The molecule has 0 aromatic rings. The Labute approximate surface area is 60.2 Å². The number of carboxylic acid groups (broad SMARTS) is 1. The Hall–Kier alpha value is -0.530. The fraction of sp³-hybridized carbons (Fsp3) is 0.875. The third-order valence-corrected chi connectivity index (χ3v) is 2.93. The van der Waals surface area contributed by atoms with E-state index in [1.807, 2.05) is 0 Å². The zero-order valence-electron chi connectivity index (χ0n) is 5.92. The van der Waals surface area contributed by atoms with Crippen LogP contribution in [0.15, 0.2) is 0 Å². The fourth-order valence-corrected chi connectivity index (χ4v) is 2.30. The lowest BCUT2D eigenvalue weighted by atomic mass is 10.00. The van der Waals surface area contributed by atoms with Gasteiger partial charge in [0.2, 0.25) is 0 Å². The van der Waals surface area contributed by atoms with Crippen LogP contribution in [0, 0.1) is 17.8 Å². The Kier molecular flexibility index (Phi) is 1.22. The van der Waals surface area contributed by atoms with Gasteiger partial charge in [0.05, 0.1) is 0 Å². The summed E-state index contributed by atoms with van der Waals surface area (Å²) >= 11 is 0. The number of fused-ring (bicyclic) bond motifs is 1. The van der Waals surface area contributed by atoms with Gasteiger partial charge in [-0.25, -0.2) is 0 Å². The van der Waals surface area contributed by atoms with Gasteiger partial charge in [-0.2, -0.15) is 0 Å². The fourth-order valence-electron chi connectivity index (χ4n) is 2.30. The van der Waals surface area contributed by atoms with Crippen molar-refractivity contribution >= 4 is 5.97 Å². The summed E-state index contributed by atoms with van der Waals surface area (Å²) in [6.07, 6.45) is 4.20. The van der Waals surface area contributed by atoms with Gasteiger partial charge in [-0.3, -0.25) is 4.79 Å². The standard InChI is InChI=1S/C8H12O2/c9-8(10)4-6-2-1-5-3-7(5)6/h5-7H,1-4H2,(H,9,10)/t5-,6?,7+/m0/s1. The molecular weight excluding hydrogens is 128 g/mol. The molecule has 0 heterocycles. The summed E-state index contributed by atoms with van der Waals surface area (Å²) < 4.78 is 0. The van der Waals surface area contributed by atoms with Crippen LogP contribution in [0.1, 0.15) is 25.7 Å². The summed E-state index contributed by atoms with van der Waals surface area (Å²) in [5.74, 6) is 1.64. The van der Waals surface area contributed by atoms with Gasteiger partial charge >= 0.3 is 5.97 Å². The van der Waals surface area contributed by atoms with Gasteiger partial charge in [-0.15, -0.1) is 0 Å². The van der Waals surface area contributed by atoms with E-state index in [1.54, 1.807) is 0 Å². The lowest BCUT2D eigenvalue weighted by molar-refractivity contribution is -0.138. The van der Waals surface area contributed by atoms with E-state index in [-0.39, 0.29) is 0 Å². The van der Waals surface area contributed by atoms with Crippen molar-refractivity contribution in [1.82, 2.24) is 0 Å². The van der Waals surface area contributed by atoms with Gasteiger partial charge in [0, 0.05) is 6.42 Å². The highest BCUT2D eigenvalue weighted by Crippen LogP contribution is 2.56. The lowest BCUT2D eigenvalue weighted by Crippen LogP contribution is -2.06. The van der Waals surface area contributed by atoms with Crippen LogP contribution in [0.3, 0.4) is 0 Å². The molecule has 0 spiro atoms. The molecule has 0 saturated heterocycles. The molecule has 2 aliphatic rings. The number of carboxylic acids is 1. The molecule has 1 unspecified atom stereocenters. The molecule has 2 nitrogen and oxygen atoms in total. The van der Waals surface area contributed by atoms with Crippen molar-refractivity contribution in [3.05, 3.63) is 0 Å². The second-order valence-corrected chi connectivity index (χ2v) is 3.59. The van der Waals surface area contributed by atoms with Crippen LogP contribution in [0.2, 0.25) is 0 Å². The molecule has 0 aromatic carbocycles. The van der Waals surface area contributed by atoms with Gasteiger partial charge in [-0.05, 0) is 37.0 Å². The Morgan fingerprint density at radius 2 is 2.30 bits per heavy atom. The quantitative estimate of drug-likeness (QED) is 0.631. The predicted octanol–water partition coefficient (Wildman–Crippen LogP) is 1.51. The van der Waals surface area contributed by atoms with Crippen LogP contribution in [0.25, 0.3) is 0 Å². The zero-order chi connectivity index (χ0) is 7.14. The molecule has 3 atom stereocenters. The SMILES string of the molecule is O=C(O)CC1CC[C@H]2C[C@@H]12. The summed E-state index contributed by atoms with van der Waals surface area (Å²) in [7, 11) is 0. The van der Waals surface area contributed by atoms with Crippen molar-refractivity contribution in [2.45, 2.75) is 25.7 Å². The topological polar surface area (TPSA) is 37.3 Å². The average molecular weight is 140 g/mol. The molecule has 10 heavy (non-hydrogen) atoms. The minimum atomic E-state index is -0.613. The van der Waals surface area contributed by atoms with Gasteiger partial charge < -0.3 is 5.11 Å². The molecule has 0 amide bonds. The molecule has 0 aromatic heterocycles. The van der Waals surface area contributed by atoms with Crippen molar-refractivity contribution < 1.29 is 9.90 Å². The highest BCUT2D eigenvalue weighted by atomic mass is 16.4.